The number of nitrogens with zero attached hydrogens (tertiary/aromatic N) is 5. The van der Waals surface area contributed by atoms with E-state index in [2.05, 4.69) is 44.9 Å². The summed E-state index contributed by atoms with van der Waals surface area (Å²) in [4.78, 5) is 24.4. The first-order valence-electron chi connectivity index (χ1n) is 10.5. The molecule has 1 spiro atoms. The molecule has 2 aliphatic heterocycles. The number of piperidine rings is 2. The van der Waals surface area contributed by atoms with E-state index >= 15 is 0 Å². The van der Waals surface area contributed by atoms with Crippen LogP contribution >= 0.6 is 0 Å². The van der Waals surface area contributed by atoms with Crippen LogP contribution in [0.15, 0.2) is 24.9 Å². The molecule has 2 saturated heterocycles. The van der Waals surface area contributed by atoms with E-state index in [0.717, 1.165) is 51.3 Å². The molecule has 7 nitrogen and oxygen atoms in total. The smallest absolute Gasteiger partial charge is 0.222 e. The van der Waals surface area contributed by atoms with Crippen LogP contribution in [0, 0.1) is 5.41 Å². The fourth-order valence-corrected chi connectivity index (χ4v) is 4.76. The number of hydrogen-bond donors (Lipinski definition) is 1. The summed E-state index contributed by atoms with van der Waals surface area (Å²) in [5, 5.41) is 4.48. The van der Waals surface area contributed by atoms with Gasteiger partial charge in [0.2, 0.25) is 5.91 Å². The zero-order valence-electron chi connectivity index (χ0n) is 17.1. The Kier molecular flexibility index (Phi) is 5.53. The summed E-state index contributed by atoms with van der Waals surface area (Å²) in [6.07, 6.45) is 12.7. The van der Waals surface area contributed by atoms with Gasteiger partial charge in [0.05, 0.1) is 12.5 Å². The van der Waals surface area contributed by atoms with E-state index in [0.29, 0.717) is 18.4 Å². The molecule has 0 bridgehead atoms. The molecule has 28 heavy (non-hydrogen) atoms. The van der Waals surface area contributed by atoms with Gasteiger partial charge in [-0.15, -0.1) is 0 Å². The van der Waals surface area contributed by atoms with Gasteiger partial charge in [0.1, 0.15) is 0 Å². The number of aromatic amines is 1. The number of carbonyl (C=O) groups is 1. The number of nitrogens with one attached hydrogen (secondary N) is 1. The number of imidazole rings is 1. The Balaban J connectivity index is 1.37. The Bertz CT molecular complexity index is 783. The van der Waals surface area contributed by atoms with Crippen LogP contribution in [0.2, 0.25) is 0 Å². The topological polar surface area (TPSA) is 70.1 Å². The molecule has 2 aliphatic rings. The average molecular weight is 385 g/mol. The molecule has 1 N–H and O–H groups in total. The van der Waals surface area contributed by atoms with Crippen LogP contribution in [-0.2, 0) is 17.8 Å². The van der Waals surface area contributed by atoms with Crippen LogP contribution in [0.1, 0.15) is 56.8 Å². The standard InChI is InChI=1S/C21H32N6O/c1-17(2)27-13-18(10-24-27)12-25-8-3-6-21(14-25)7-4-20(28)26(15-21)9-5-19-11-22-16-23-19/h10-11,13,16-17H,3-9,12,14-15H2,1-2H3,(H,22,23)/t21-/m0/s1. The lowest BCUT2D eigenvalue weighted by Gasteiger charge is -2.48. The fraction of sp³-hybridized carbons (Fsp3) is 0.667. The molecule has 4 rings (SSSR count). The molecule has 152 valence electrons. The summed E-state index contributed by atoms with van der Waals surface area (Å²) >= 11 is 0. The monoisotopic (exact) mass is 384 g/mol. The fourth-order valence-electron chi connectivity index (χ4n) is 4.76. The predicted octanol–water partition coefficient (Wildman–Crippen LogP) is 2.63. The molecule has 0 aromatic carbocycles. The maximum atomic E-state index is 12.5. The van der Waals surface area contributed by atoms with E-state index in [1.54, 1.807) is 6.33 Å². The number of amides is 1. The second kappa shape index (κ2) is 8.07. The van der Waals surface area contributed by atoms with Gasteiger partial charge in [-0.1, -0.05) is 0 Å². The molecule has 0 aliphatic carbocycles. The highest BCUT2D eigenvalue weighted by Gasteiger charge is 2.41. The van der Waals surface area contributed by atoms with Gasteiger partial charge in [-0.2, -0.15) is 5.10 Å². The van der Waals surface area contributed by atoms with Crippen LogP contribution in [-0.4, -0.2) is 61.6 Å². The second-order valence-corrected chi connectivity index (χ2v) is 8.88. The Hall–Kier alpha value is -2.15. The zero-order chi connectivity index (χ0) is 19.6. The van der Waals surface area contributed by atoms with Gasteiger partial charge >= 0.3 is 0 Å². The largest absolute Gasteiger partial charge is 0.348 e. The van der Waals surface area contributed by atoms with Crippen molar-refractivity contribution in [2.24, 2.45) is 5.41 Å². The predicted molar refractivity (Wildman–Crippen MR) is 108 cm³/mol. The zero-order valence-corrected chi connectivity index (χ0v) is 17.1. The number of carbonyl (C=O) groups excluding carboxylic acids is 1. The van der Waals surface area contributed by atoms with E-state index in [-0.39, 0.29) is 5.41 Å². The van der Waals surface area contributed by atoms with Gasteiger partial charge in [0, 0.05) is 74.1 Å². The Morgan fingerprint density at radius 1 is 1.25 bits per heavy atom. The first-order chi connectivity index (χ1) is 13.5. The van der Waals surface area contributed by atoms with Crippen molar-refractivity contribution in [1.82, 2.24) is 29.5 Å². The first-order valence-corrected chi connectivity index (χ1v) is 10.5. The van der Waals surface area contributed by atoms with Gasteiger partial charge < -0.3 is 9.88 Å². The van der Waals surface area contributed by atoms with Crippen LogP contribution < -0.4 is 0 Å². The van der Waals surface area contributed by atoms with Crippen LogP contribution in [0.25, 0.3) is 0 Å². The molecule has 0 radical (unpaired) electrons. The summed E-state index contributed by atoms with van der Waals surface area (Å²) in [5.74, 6) is 0.306. The maximum absolute atomic E-state index is 12.5. The van der Waals surface area contributed by atoms with Crippen molar-refractivity contribution >= 4 is 5.91 Å². The normalized spacial score (nSPS) is 23.8. The lowest BCUT2D eigenvalue weighted by atomic mass is 9.73. The molecule has 0 unspecified atom stereocenters. The molecule has 2 aromatic rings. The minimum Gasteiger partial charge on any atom is -0.348 e. The van der Waals surface area contributed by atoms with Crippen LogP contribution in [0.4, 0.5) is 0 Å². The maximum Gasteiger partial charge on any atom is 0.222 e. The molecular weight excluding hydrogens is 352 g/mol. The van der Waals surface area contributed by atoms with Gasteiger partial charge in [-0.25, -0.2) is 4.98 Å². The summed E-state index contributed by atoms with van der Waals surface area (Å²) in [5.41, 5.74) is 2.63. The van der Waals surface area contributed by atoms with Crippen molar-refractivity contribution in [2.75, 3.05) is 26.2 Å². The lowest BCUT2D eigenvalue weighted by Crippen LogP contribution is -2.54. The first kappa shape index (κ1) is 19.2. The molecule has 0 saturated carbocycles. The highest BCUT2D eigenvalue weighted by Crippen LogP contribution is 2.39. The summed E-state index contributed by atoms with van der Waals surface area (Å²) in [6, 6.07) is 0.397. The van der Waals surface area contributed by atoms with Gasteiger partial charge in [0.25, 0.3) is 0 Å². The number of hydrogen-bond acceptors (Lipinski definition) is 4. The second-order valence-electron chi connectivity index (χ2n) is 8.88. The van der Waals surface area contributed by atoms with Gasteiger partial charge in [-0.05, 0) is 39.7 Å². The molecule has 7 heteroatoms. The molecule has 1 atom stereocenters. The lowest BCUT2D eigenvalue weighted by molar-refractivity contribution is -0.139. The van der Waals surface area contributed by atoms with Crippen molar-refractivity contribution in [3.8, 4) is 0 Å². The summed E-state index contributed by atoms with van der Waals surface area (Å²) in [7, 11) is 0. The van der Waals surface area contributed by atoms with Crippen LogP contribution in [0.3, 0.4) is 0 Å². The van der Waals surface area contributed by atoms with Crippen LogP contribution in [0.5, 0.6) is 0 Å². The highest BCUT2D eigenvalue weighted by atomic mass is 16.2. The number of rotatable bonds is 6. The molecule has 2 fully saturated rings. The SMILES string of the molecule is CC(C)n1cc(CN2CCC[C@]3(CCC(=O)N(CCc4cnc[nH]4)C3)C2)cn1. The number of likely N-dealkylation sites (tertiary alicyclic amines) is 2. The van der Waals surface area contributed by atoms with Crippen molar-refractivity contribution in [1.29, 1.82) is 0 Å². The Labute approximate surface area is 167 Å². The van der Waals surface area contributed by atoms with E-state index in [1.807, 2.05) is 17.1 Å². The van der Waals surface area contributed by atoms with Crippen molar-refractivity contribution in [3.05, 3.63) is 36.2 Å². The minimum atomic E-state index is 0.244. The van der Waals surface area contributed by atoms with Gasteiger partial charge in [-0.3, -0.25) is 14.4 Å². The Morgan fingerprint density at radius 3 is 2.89 bits per heavy atom. The van der Waals surface area contributed by atoms with Crippen molar-refractivity contribution < 1.29 is 4.79 Å². The van der Waals surface area contributed by atoms with Gasteiger partial charge in [0.15, 0.2) is 0 Å². The Morgan fingerprint density at radius 2 is 2.14 bits per heavy atom. The molecular formula is C21H32N6O. The van der Waals surface area contributed by atoms with Crippen molar-refractivity contribution in [3.63, 3.8) is 0 Å². The highest BCUT2D eigenvalue weighted by molar-refractivity contribution is 5.77. The minimum absolute atomic E-state index is 0.244. The quantitative estimate of drug-likeness (QED) is 0.831. The third kappa shape index (κ3) is 4.29. The average Bonchev–Trinajstić information content (AvgIpc) is 3.35. The third-order valence-electron chi connectivity index (χ3n) is 6.28. The summed E-state index contributed by atoms with van der Waals surface area (Å²) < 4.78 is 2.03. The van der Waals surface area contributed by atoms with E-state index in [1.165, 1.54) is 18.4 Å². The van der Waals surface area contributed by atoms with E-state index in [4.69, 9.17) is 0 Å². The molecule has 2 aromatic heterocycles. The van der Waals surface area contributed by atoms with E-state index < -0.39 is 0 Å². The number of aromatic nitrogens is 4. The van der Waals surface area contributed by atoms with Crippen molar-refractivity contribution in [2.45, 2.75) is 58.5 Å². The molecule has 1 amide bonds. The third-order valence-corrected chi connectivity index (χ3v) is 6.28. The number of H-pyrrole nitrogens is 1. The van der Waals surface area contributed by atoms with E-state index in [9.17, 15) is 4.79 Å². The molecule has 4 heterocycles. The summed E-state index contributed by atoms with van der Waals surface area (Å²) in [6.45, 7) is 9.15.